The lowest BCUT2D eigenvalue weighted by atomic mass is 10.2. The van der Waals surface area contributed by atoms with Gasteiger partial charge in [-0.3, -0.25) is 0 Å². The van der Waals surface area contributed by atoms with Crippen molar-refractivity contribution >= 4 is 17.3 Å². The number of carbonyl (C=O) groups excluding carboxylic acids is 1. The number of thiazole rings is 1. The third-order valence-electron chi connectivity index (χ3n) is 3.77. The summed E-state index contributed by atoms with van der Waals surface area (Å²) in [6.07, 6.45) is 0. The molecule has 0 atom stereocenters. The number of aromatic nitrogens is 1. The van der Waals surface area contributed by atoms with E-state index in [4.69, 9.17) is 18.9 Å². The maximum atomic E-state index is 12.1. The van der Waals surface area contributed by atoms with Crippen molar-refractivity contribution in [2.45, 2.75) is 6.92 Å². The van der Waals surface area contributed by atoms with Gasteiger partial charge < -0.3 is 18.9 Å². The van der Waals surface area contributed by atoms with Gasteiger partial charge in [0.2, 0.25) is 0 Å². The normalized spacial score (nSPS) is 10.4. The van der Waals surface area contributed by atoms with E-state index in [1.165, 1.54) is 11.3 Å². The molecule has 0 N–H and O–H groups in total. The second-order valence-electron chi connectivity index (χ2n) is 5.66. The maximum absolute atomic E-state index is 12.1. The Morgan fingerprint density at radius 3 is 2.21 bits per heavy atom. The minimum Gasteiger partial charge on any atom is -0.497 e. The van der Waals surface area contributed by atoms with Crippen LogP contribution in [0.2, 0.25) is 0 Å². The second kappa shape index (κ2) is 9.75. The molecule has 0 aliphatic carbocycles. The molecular weight excluding hydrogens is 378 g/mol. The molecule has 0 amide bonds. The molecule has 0 spiro atoms. The van der Waals surface area contributed by atoms with Crippen LogP contribution >= 0.6 is 11.3 Å². The largest absolute Gasteiger partial charge is 0.497 e. The van der Waals surface area contributed by atoms with Gasteiger partial charge in [-0.25, -0.2) is 9.78 Å². The third kappa shape index (κ3) is 5.23. The van der Waals surface area contributed by atoms with E-state index < -0.39 is 5.97 Å². The summed E-state index contributed by atoms with van der Waals surface area (Å²) in [4.78, 5) is 16.5. The fourth-order valence-electron chi connectivity index (χ4n) is 2.40. The average Bonchev–Trinajstić information content (AvgIpc) is 3.23. The van der Waals surface area contributed by atoms with Crippen LogP contribution in [0.25, 0.3) is 10.6 Å². The van der Waals surface area contributed by atoms with Crippen LogP contribution in [0.4, 0.5) is 0 Å². The minimum atomic E-state index is -0.466. The summed E-state index contributed by atoms with van der Waals surface area (Å²) in [6.45, 7) is 2.95. The maximum Gasteiger partial charge on any atom is 0.357 e. The Balaban J connectivity index is 1.46. The molecule has 1 heterocycles. The molecule has 6 nitrogen and oxygen atoms in total. The van der Waals surface area contributed by atoms with Gasteiger partial charge in [-0.15, -0.1) is 11.3 Å². The average molecular weight is 399 g/mol. The Kier molecular flexibility index (Phi) is 6.86. The minimum absolute atomic E-state index is 0.140. The number of ether oxygens (including phenoxy) is 4. The molecule has 0 unspecified atom stereocenters. The van der Waals surface area contributed by atoms with E-state index in [0.717, 1.165) is 22.1 Å². The van der Waals surface area contributed by atoms with E-state index in [-0.39, 0.29) is 18.9 Å². The van der Waals surface area contributed by atoms with E-state index in [0.29, 0.717) is 12.4 Å². The standard InChI is InChI=1S/C21H21NO5S/c1-3-25-17-8-10-18(11-9-17)26-12-13-27-21(23)19-14-28-20(22-19)15-4-6-16(24-2)7-5-15/h4-11,14H,3,12-13H2,1-2H3. The highest BCUT2D eigenvalue weighted by Crippen LogP contribution is 2.26. The van der Waals surface area contributed by atoms with Gasteiger partial charge in [0.25, 0.3) is 0 Å². The molecule has 0 bridgehead atoms. The smallest absolute Gasteiger partial charge is 0.357 e. The van der Waals surface area contributed by atoms with Crippen LogP contribution in [-0.4, -0.2) is 37.9 Å². The lowest BCUT2D eigenvalue weighted by molar-refractivity contribution is 0.0444. The van der Waals surface area contributed by atoms with Gasteiger partial charge in [0.1, 0.15) is 35.5 Å². The molecule has 146 valence electrons. The number of hydrogen-bond acceptors (Lipinski definition) is 7. The van der Waals surface area contributed by atoms with Gasteiger partial charge in [-0.1, -0.05) is 0 Å². The van der Waals surface area contributed by atoms with Crippen molar-refractivity contribution in [3.63, 3.8) is 0 Å². The molecule has 2 aromatic carbocycles. The van der Waals surface area contributed by atoms with Crippen LogP contribution in [0.3, 0.4) is 0 Å². The molecule has 0 saturated heterocycles. The van der Waals surface area contributed by atoms with Crippen LogP contribution in [-0.2, 0) is 4.74 Å². The number of rotatable bonds is 9. The number of esters is 1. The highest BCUT2D eigenvalue weighted by atomic mass is 32.1. The molecule has 0 radical (unpaired) electrons. The molecule has 7 heteroatoms. The van der Waals surface area contributed by atoms with Gasteiger partial charge in [0.15, 0.2) is 5.69 Å². The topological polar surface area (TPSA) is 66.9 Å². The fraction of sp³-hybridized carbons (Fsp3) is 0.238. The summed E-state index contributed by atoms with van der Waals surface area (Å²) in [7, 11) is 1.62. The first-order chi connectivity index (χ1) is 13.7. The van der Waals surface area contributed by atoms with Crippen molar-refractivity contribution in [1.29, 1.82) is 0 Å². The van der Waals surface area contributed by atoms with Crippen LogP contribution in [0.5, 0.6) is 17.2 Å². The molecule has 1 aromatic heterocycles. The first kappa shape index (κ1) is 19.7. The number of benzene rings is 2. The highest BCUT2D eigenvalue weighted by Gasteiger charge is 2.13. The van der Waals surface area contributed by atoms with E-state index in [1.807, 2.05) is 55.5 Å². The molecular formula is C21H21NO5S. The Labute approximate surface area is 167 Å². The monoisotopic (exact) mass is 399 g/mol. The highest BCUT2D eigenvalue weighted by molar-refractivity contribution is 7.13. The lowest BCUT2D eigenvalue weighted by Gasteiger charge is -2.08. The first-order valence-corrected chi connectivity index (χ1v) is 9.70. The van der Waals surface area contributed by atoms with Gasteiger partial charge >= 0.3 is 5.97 Å². The Morgan fingerprint density at radius 2 is 1.57 bits per heavy atom. The van der Waals surface area contributed by atoms with Crippen LogP contribution in [0, 0.1) is 0 Å². The molecule has 0 saturated carbocycles. The summed E-state index contributed by atoms with van der Waals surface area (Å²) >= 11 is 1.39. The second-order valence-corrected chi connectivity index (χ2v) is 6.51. The molecule has 0 aliphatic heterocycles. The number of carbonyl (C=O) groups is 1. The van der Waals surface area contributed by atoms with Crippen LogP contribution in [0.15, 0.2) is 53.9 Å². The molecule has 28 heavy (non-hydrogen) atoms. The molecule has 3 aromatic rings. The number of hydrogen-bond donors (Lipinski definition) is 0. The predicted octanol–water partition coefficient (Wildman–Crippen LogP) is 4.45. The predicted molar refractivity (Wildman–Crippen MR) is 107 cm³/mol. The van der Waals surface area contributed by atoms with Crippen molar-refractivity contribution in [3.8, 4) is 27.8 Å². The van der Waals surface area contributed by atoms with Crippen molar-refractivity contribution in [2.24, 2.45) is 0 Å². The van der Waals surface area contributed by atoms with Gasteiger partial charge in [0, 0.05) is 10.9 Å². The number of methoxy groups -OCH3 is 1. The van der Waals surface area contributed by atoms with E-state index in [1.54, 1.807) is 12.5 Å². The van der Waals surface area contributed by atoms with E-state index in [9.17, 15) is 4.79 Å². The van der Waals surface area contributed by atoms with Gasteiger partial charge in [-0.05, 0) is 55.5 Å². The summed E-state index contributed by atoms with van der Waals surface area (Å²) in [5.74, 6) is 1.78. The SMILES string of the molecule is CCOc1ccc(OCCOC(=O)c2csc(-c3ccc(OC)cc3)n2)cc1. The molecule has 0 aliphatic rings. The quantitative estimate of drug-likeness (QED) is 0.391. The summed E-state index contributed by atoms with van der Waals surface area (Å²) in [6, 6.07) is 14.8. The Hall–Kier alpha value is -3.06. The van der Waals surface area contributed by atoms with Crippen molar-refractivity contribution in [1.82, 2.24) is 4.98 Å². The Morgan fingerprint density at radius 1 is 0.929 bits per heavy atom. The van der Waals surface area contributed by atoms with Crippen molar-refractivity contribution < 1.29 is 23.7 Å². The summed E-state index contributed by atoms with van der Waals surface area (Å²) in [5, 5.41) is 2.44. The number of nitrogens with zero attached hydrogens (tertiary/aromatic N) is 1. The Bertz CT molecular complexity index is 890. The zero-order chi connectivity index (χ0) is 19.8. The van der Waals surface area contributed by atoms with E-state index in [2.05, 4.69) is 4.98 Å². The van der Waals surface area contributed by atoms with Gasteiger partial charge in [0.05, 0.1) is 13.7 Å². The van der Waals surface area contributed by atoms with Crippen molar-refractivity contribution in [2.75, 3.05) is 26.9 Å². The third-order valence-corrected chi connectivity index (χ3v) is 4.66. The molecule has 0 fully saturated rings. The van der Waals surface area contributed by atoms with Crippen LogP contribution in [0.1, 0.15) is 17.4 Å². The summed E-state index contributed by atoms with van der Waals surface area (Å²) < 4.78 is 21.3. The first-order valence-electron chi connectivity index (χ1n) is 8.82. The zero-order valence-corrected chi connectivity index (χ0v) is 16.5. The van der Waals surface area contributed by atoms with Crippen LogP contribution < -0.4 is 14.2 Å². The van der Waals surface area contributed by atoms with Gasteiger partial charge in [-0.2, -0.15) is 0 Å². The lowest BCUT2D eigenvalue weighted by Crippen LogP contribution is -2.12. The van der Waals surface area contributed by atoms with E-state index >= 15 is 0 Å². The van der Waals surface area contributed by atoms with Crippen molar-refractivity contribution in [3.05, 3.63) is 59.6 Å². The zero-order valence-electron chi connectivity index (χ0n) is 15.7. The molecule has 3 rings (SSSR count). The fourth-order valence-corrected chi connectivity index (χ4v) is 3.20. The summed E-state index contributed by atoms with van der Waals surface area (Å²) in [5.41, 5.74) is 1.21.